The van der Waals surface area contributed by atoms with Crippen LogP contribution in [-0.4, -0.2) is 121 Å². The smallest absolute Gasteiger partial charge is 0.375 e. The Balaban J connectivity index is 1.23. The summed E-state index contributed by atoms with van der Waals surface area (Å²) < 4.78 is 31.2. The van der Waals surface area contributed by atoms with Gasteiger partial charge in [-0.05, 0) is 99.2 Å². The minimum absolute atomic E-state index is 0.0120. The number of hydrogen-bond donors (Lipinski definition) is 4. The molecule has 0 radical (unpaired) electrons. The third kappa shape index (κ3) is 7.87. The fraction of sp³-hybridized carbons (Fsp3) is 0.569. The number of piperidine rings is 1. The quantitative estimate of drug-likeness (QED) is 0.105. The molecule has 7 aliphatic rings. The number of aldehydes is 1. The minimum atomic E-state index is -1.31. The molecule has 0 spiro atoms. The number of aliphatic hydroxyl groups excluding tert-OH is 3. The summed E-state index contributed by atoms with van der Waals surface area (Å²) in [5, 5.41) is 48.0. The molecular formula is C51H62N2O12. The van der Waals surface area contributed by atoms with Crippen LogP contribution in [0.1, 0.15) is 92.5 Å². The zero-order valence-electron chi connectivity index (χ0n) is 37.7. The van der Waals surface area contributed by atoms with E-state index in [1.54, 1.807) is 14.0 Å². The number of carbonyl (C=O) groups excluding carboxylic acids is 3. The Kier molecular flexibility index (Phi) is 13.2. The van der Waals surface area contributed by atoms with Crippen LogP contribution in [0.2, 0.25) is 0 Å². The van der Waals surface area contributed by atoms with Crippen molar-refractivity contribution in [3.05, 3.63) is 79.6 Å². The van der Waals surface area contributed by atoms with Crippen LogP contribution >= 0.6 is 0 Å². The van der Waals surface area contributed by atoms with Crippen molar-refractivity contribution in [3.63, 3.8) is 0 Å². The van der Waals surface area contributed by atoms with Crippen molar-refractivity contribution in [3.8, 4) is 17.2 Å². The normalized spacial score (nSPS) is 29.2. The second-order valence-electron chi connectivity index (χ2n) is 18.7. The summed E-state index contributed by atoms with van der Waals surface area (Å²) >= 11 is 0. The van der Waals surface area contributed by atoms with Gasteiger partial charge in [0.2, 0.25) is 5.76 Å². The van der Waals surface area contributed by atoms with Gasteiger partial charge < -0.3 is 44.1 Å². The molecule has 0 aromatic heterocycles. The lowest BCUT2D eigenvalue weighted by atomic mass is 9.63. The van der Waals surface area contributed by atoms with Gasteiger partial charge in [0.25, 0.3) is 0 Å². The van der Waals surface area contributed by atoms with Crippen molar-refractivity contribution in [2.45, 2.75) is 102 Å². The van der Waals surface area contributed by atoms with E-state index in [1.807, 2.05) is 18.2 Å². The SMILES string of the molecule is CCOC(=O)C1=C(C=O)C2=C3CC(CO)C(=O)C(C3)c3cc4c(cc3CCC(CO)COc3c5c(c(CO)c(c32)O1)OC(C1(O)CC=CC2C(CC)N(CCCOC)CCC21)C5)=NCC=4. The van der Waals surface area contributed by atoms with Crippen LogP contribution < -0.4 is 24.8 Å². The molecule has 1 saturated carbocycles. The Hall–Kier alpha value is -4.70. The first-order valence-electron chi connectivity index (χ1n) is 23.6. The number of methoxy groups -OCH3 is 1. The number of hydrogen-bond acceptors (Lipinski definition) is 14. The van der Waals surface area contributed by atoms with Gasteiger partial charge in [-0.15, -0.1) is 0 Å². The largest absolute Gasteiger partial charge is 0.492 e. The van der Waals surface area contributed by atoms with Gasteiger partial charge in [0.15, 0.2) is 6.29 Å². The third-order valence-corrected chi connectivity index (χ3v) is 15.3. The summed E-state index contributed by atoms with van der Waals surface area (Å²) in [6.45, 7) is 5.52. The van der Waals surface area contributed by atoms with Gasteiger partial charge in [-0.3, -0.25) is 19.5 Å². The van der Waals surface area contributed by atoms with Gasteiger partial charge in [-0.1, -0.05) is 30.7 Å². The monoisotopic (exact) mass is 894 g/mol. The molecule has 5 aliphatic heterocycles. The second kappa shape index (κ2) is 18.9. The summed E-state index contributed by atoms with van der Waals surface area (Å²) in [5.41, 5.74) is 2.33. The molecule has 2 aromatic rings. The summed E-state index contributed by atoms with van der Waals surface area (Å²) in [6.07, 6.45) is 10.5. The average Bonchev–Trinajstić information content (AvgIpc) is 3.98. The molecule has 8 atom stereocenters. The number of carbonyl (C=O) groups is 3. The highest BCUT2D eigenvalue weighted by Crippen LogP contribution is 2.58. The van der Waals surface area contributed by atoms with Crippen LogP contribution in [-0.2, 0) is 43.3 Å². The standard InChI is InChI=1S/C51H62N2O12/c1-4-41-33-8-6-13-51(60,39(33)12-16-53(41)15-7-17-61-3)42-22-36-46(64-42)38(26-57)48-44-43(37(25-56)49(65-48)50(59)62-5-2)31-18-32(24-55)45(58)35(20-31)34-19-30-11-14-52-40(30)21-29(34)10-9-28(23-54)27-63-47(36)44/h6,8,11,19,21,25,28,32-33,35,39,41-42,54-55,57,60H,4-5,7,9-10,12-18,20,22-24,26-27H2,1-3H3. The van der Waals surface area contributed by atoms with Gasteiger partial charge in [0.1, 0.15) is 34.7 Å². The van der Waals surface area contributed by atoms with Crippen LogP contribution in [0, 0.1) is 23.7 Å². The first kappa shape index (κ1) is 45.5. The van der Waals surface area contributed by atoms with E-state index in [-0.39, 0.29) is 97.1 Å². The van der Waals surface area contributed by atoms with Gasteiger partial charge in [0, 0.05) is 74.1 Å². The maximum Gasteiger partial charge on any atom is 0.375 e. The summed E-state index contributed by atoms with van der Waals surface area (Å²) in [4.78, 5) is 49.2. The van der Waals surface area contributed by atoms with E-state index in [2.05, 4.69) is 29.0 Å². The first-order valence-corrected chi connectivity index (χ1v) is 23.6. The molecule has 2 bridgehead atoms. The van der Waals surface area contributed by atoms with Gasteiger partial charge in [-0.25, -0.2) is 4.79 Å². The fourth-order valence-corrected chi connectivity index (χ4v) is 12.1. The molecule has 14 nitrogen and oxygen atoms in total. The number of rotatable bonds is 12. The van der Waals surface area contributed by atoms with Crippen molar-refractivity contribution in [1.29, 1.82) is 0 Å². The summed E-state index contributed by atoms with van der Waals surface area (Å²) in [6, 6.07) is 4.24. The number of nitrogens with zero attached hydrogens (tertiary/aromatic N) is 2. The number of fused-ring (bicyclic) bond motifs is 8. The van der Waals surface area contributed by atoms with Crippen LogP contribution in [0.5, 0.6) is 17.2 Å². The van der Waals surface area contributed by atoms with E-state index in [4.69, 9.17) is 23.7 Å². The Bertz CT molecular complexity index is 2460. The number of benzene rings is 2. The highest BCUT2D eigenvalue weighted by molar-refractivity contribution is 6.11. The molecule has 2 aromatic carbocycles. The van der Waals surface area contributed by atoms with E-state index < -0.39 is 42.7 Å². The number of ketones is 1. The van der Waals surface area contributed by atoms with Gasteiger partial charge in [0.05, 0.1) is 55.0 Å². The van der Waals surface area contributed by atoms with Crippen LogP contribution in [0.4, 0.5) is 0 Å². The van der Waals surface area contributed by atoms with Crippen LogP contribution in [0.3, 0.4) is 0 Å². The van der Waals surface area contributed by atoms with Crippen molar-refractivity contribution < 1.29 is 58.5 Å². The fourth-order valence-electron chi connectivity index (χ4n) is 12.1. The maximum atomic E-state index is 14.5. The number of Topliss-reactive ketones (excluding diaryl/α,β-unsaturated/α-hetero) is 1. The molecule has 14 heteroatoms. The Morgan fingerprint density at radius 2 is 1.92 bits per heavy atom. The van der Waals surface area contributed by atoms with Crippen molar-refractivity contribution in [2.75, 3.05) is 59.8 Å². The second-order valence-corrected chi connectivity index (χ2v) is 18.7. The predicted molar refractivity (Wildman–Crippen MR) is 239 cm³/mol. The average molecular weight is 895 g/mol. The Morgan fingerprint density at radius 1 is 1.08 bits per heavy atom. The van der Waals surface area contributed by atoms with Crippen molar-refractivity contribution >= 4 is 29.7 Å². The first-order chi connectivity index (χ1) is 31.6. The zero-order valence-corrected chi connectivity index (χ0v) is 37.7. The molecule has 1 saturated heterocycles. The van der Waals surface area contributed by atoms with E-state index in [9.17, 15) is 34.8 Å². The predicted octanol–water partition coefficient (Wildman–Crippen LogP) is 3.19. The topological polar surface area (TPSA) is 194 Å². The van der Waals surface area contributed by atoms with E-state index in [0.29, 0.717) is 66.7 Å². The van der Waals surface area contributed by atoms with E-state index in [0.717, 1.165) is 54.1 Å². The molecular weight excluding hydrogens is 833 g/mol. The van der Waals surface area contributed by atoms with Crippen molar-refractivity contribution in [2.24, 2.45) is 28.7 Å². The number of aryl methyl sites for hydroxylation is 1. The molecule has 9 rings (SSSR count). The molecule has 65 heavy (non-hydrogen) atoms. The van der Waals surface area contributed by atoms with E-state index >= 15 is 0 Å². The number of allylic oxidation sites excluding steroid dienone is 3. The molecule has 348 valence electrons. The molecule has 0 amide bonds. The van der Waals surface area contributed by atoms with E-state index in [1.165, 1.54) is 0 Å². The summed E-state index contributed by atoms with van der Waals surface area (Å²) in [5.74, 6) is -2.81. The van der Waals surface area contributed by atoms with Crippen molar-refractivity contribution in [1.82, 2.24) is 4.90 Å². The molecule has 4 N–H and O–H groups in total. The van der Waals surface area contributed by atoms with Crippen LogP contribution in [0.15, 0.2) is 46.2 Å². The minimum Gasteiger partial charge on any atom is -0.492 e. The number of esters is 1. The third-order valence-electron chi connectivity index (χ3n) is 15.3. The van der Waals surface area contributed by atoms with Gasteiger partial charge >= 0.3 is 5.97 Å². The molecule has 2 aliphatic carbocycles. The van der Waals surface area contributed by atoms with Crippen LogP contribution in [0.25, 0.3) is 11.6 Å². The number of ether oxygens (including phenoxy) is 5. The molecule has 2 fully saturated rings. The lowest BCUT2D eigenvalue weighted by Gasteiger charge is -2.53. The zero-order chi connectivity index (χ0) is 45.6. The highest BCUT2D eigenvalue weighted by Gasteiger charge is 2.56. The number of likely N-dealkylation sites (tertiary alicyclic amines) is 1. The lowest BCUT2D eigenvalue weighted by Crippen LogP contribution is -2.61. The Morgan fingerprint density at radius 3 is 2.66 bits per heavy atom. The lowest BCUT2D eigenvalue weighted by molar-refractivity contribution is -0.141. The Labute approximate surface area is 379 Å². The molecule has 5 heterocycles. The number of aliphatic hydroxyl groups is 4. The summed E-state index contributed by atoms with van der Waals surface area (Å²) in [7, 11) is 1.71. The molecule has 8 unspecified atom stereocenters. The van der Waals surface area contributed by atoms with Gasteiger partial charge in [-0.2, -0.15) is 0 Å². The maximum absolute atomic E-state index is 14.5. The highest BCUT2D eigenvalue weighted by atomic mass is 16.6.